The van der Waals surface area contributed by atoms with E-state index >= 15 is 0 Å². The summed E-state index contributed by atoms with van der Waals surface area (Å²) in [7, 11) is 0. The molecule has 0 fully saturated rings. The summed E-state index contributed by atoms with van der Waals surface area (Å²) in [6.07, 6.45) is 0.107. The van der Waals surface area contributed by atoms with E-state index in [1.54, 1.807) is 48.5 Å². The molecule has 1 aromatic heterocycles. The maximum Gasteiger partial charge on any atom is 0.417 e. The lowest BCUT2D eigenvalue weighted by Gasteiger charge is -2.08. The normalized spacial score (nSPS) is 9.89. The zero-order chi connectivity index (χ0) is 19.1. The zero-order valence-corrected chi connectivity index (χ0v) is 15.7. The van der Waals surface area contributed by atoms with Crippen molar-refractivity contribution in [1.82, 2.24) is 0 Å². The number of halogens is 2. The third-order valence-corrected chi connectivity index (χ3v) is 3.81. The Morgan fingerprint density at radius 3 is 2.43 bits per heavy atom. The largest absolute Gasteiger partial charge is 1.00 e. The number of amides is 1. The van der Waals surface area contributed by atoms with Crippen molar-refractivity contribution in [3.63, 3.8) is 0 Å². The van der Waals surface area contributed by atoms with Gasteiger partial charge in [0.05, 0.1) is 6.54 Å². The molecular formula is C20H20ClFN4O2. The molecule has 3 aromatic rings. The maximum atomic E-state index is 12.9. The van der Waals surface area contributed by atoms with Crippen molar-refractivity contribution in [1.29, 1.82) is 0 Å². The Morgan fingerprint density at radius 1 is 1.04 bits per heavy atom. The van der Waals surface area contributed by atoms with Crippen LogP contribution in [-0.4, -0.2) is 12.6 Å². The van der Waals surface area contributed by atoms with Gasteiger partial charge in [0.25, 0.3) is 0 Å². The number of carbonyl (C=O) groups is 1. The van der Waals surface area contributed by atoms with Gasteiger partial charge in [-0.3, -0.25) is 5.32 Å². The Bertz CT molecular complexity index is 908. The summed E-state index contributed by atoms with van der Waals surface area (Å²) >= 11 is 0. The molecule has 1 amide bonds. The molecular weight excluding hydrogens is 383 g/mol. The van der Waals surface area contributed by atoms with Crippen molar-refractivity contribution in [3.05, 3.63) is 78.1 Å². The second-order valence-corrected chi connectivity index (χ2v) is 5.83. The van der Waals surface area contributed by atoms with Gasteiger partial charge in [0.15, 0.2) is 0 Å². The first kappa shape index (κ1) is 21.0. The van der Waals surface area contributed by atoms with Crippen LogP contribution in [0.3, 0.4) is 0 Å². The summed E-state index contributed by atoms with van der Waals surface area (Å²) < 4.78 is 18.1. The lowest BCUT2D eigenvalue weighted by molar-refractivity contribution is -0.342. The summed E-state index contributed by atoms with van der Waals surface area (Å²) in [6, 6.07) is 18.6. The number of benzene rings is 2. The molecule has 0 saturated carbocycles. The van der Waals surface area contributed by atoms with Crippen LogP contribution < -0.4 is 38.5 Å². The quantitative estimate of drug-likeness (QED) is 0.559. The molecule has 0 aliphatic heterocycles. The van der Waals surface area contributed by atoms with Crippen LogP contribution in [-0.2, 0) is 6.42 Å². The number of aromatic nitrogens is 1. The van der Waals surface area contributed by atoms with Gasteiger partial charge < -0.3 is 28.2 Å². The van der Waals surface area contributed by atoms with Crippen molar-refractivity contribution < 1.29 is 31.3 Å². The minimum absolute atomic E-state index is 0. The standard InChI is InChI=1S/C20H19FN4O2.ClH/c21-15-8-6-14(7-9-15)12-13-23-18-11-10-17(19(22)25-18)24-20(26)27-16-4-2-1-3-5-16;/h1-11H,12-13H2,(H,24,26)(H3,22,23,25);1H. The molecule has 0 aliphatic carbocycles. The third-order valence-electron chi connectivity index (χ3n) is 3.81. The molecule has 6 nitrogen and oxygen atoms in total. The molecule has 0 atom stereocenters. The molecule has 0 bridgehead atoms. The van der Waals surface area contributed by atoms with Crippen molar-refractivity contribution in [2.75, 3.05) is 22.9 Å². The maximum absolute atomic E-state index is 12.9. The van der Waals surface area contributed by atoms with Crippen LogP contribution in [0.1, 0.15) is 5.56 Å². The van der Waals surface area contributed by atoms with Gasteiger partial charge in [0.2, 0.25) is 11.6 Å². The van der Waals surface area contributed by atoms with Gasteiger partial charge in [-0.25, -0.2) is 14.2 Å². The van der Waals surface area contributed by atoms with Crippen molar-refractivity contribution in [2.45, 2.75) is 6.42 Å². The second-order valence-electron chi connectivity index (χ2n) is 5.83. The fourth-order valence-electron chi connectivity index (χ4n) is 2.45. The van der Waals surface area contributed by atoms with E-state index in [1.807, 2.05) is 6.07 Å². The first-order valence-corrected chi connectivity index (χ1v) is 8.44. The van der Waals surface area contributed by atoms with E-state index in [-0.39, 0.29) is 18.2 Å². The molecule has 2 aromatic carbocycles. The molecule has 5 N–H and O–H groups in total. The van der Waals surface area contributed by atoms with E-state index in [0.29, 0.717) is 29.6 Å². The molecule has 8 heteroatoms. The SMILES string of the molecule is Nc1[nH+]c(NCCc2ccc(F)cc2)ccc1NC(=O)Oc1ccccc1.[Cl-]. The summed E-state index contributed by atoms with van der Waals surface area (Å²) in [6.45, 7) is 0.643. The number of hydrogen-bond acceptors (Lipinski definition) is 4. The van der Waals surface area contributed by atoms with Crippen molar-refractivity contribution in [3.8, 4) is 5.75 Å². The van der Waals surface area contributed by atoms with Crippen molar-refractivity contribution in [2.24, 2.45) is 0 Å². The predicted molar refractivity (Wildman–Crippen MR) is 102 cm³/mol. The van der Waals surface area contributed by atoms with Gasteiger partial charge in [-0.1, -0.05) is 30.3 Å². The van der Waals surface area contributed by atoms with E-state index in [1.165, 1.54) is 12.1 Å². The average molecular weight is 403 g/mol. The van der Waals surface area contributed by atoms with E-state index in [2.05, 4.69) is 15.6 Å². The monoisotopic (exact) mass is 402 g/mol. The van der Waals surface area contributed by atoms with E-state index in [4.69, 9.17) is 10.5 Å². The number of carbonyl (C=O) groups excluding carboxylic acids is 1. The van der Waals surface area contributed by atoms with E-state index in [9.17, 15) is 9.18 Å². The zero-order valence-electron chi connectivity index (χ0n) is 14.9. The van der Waals surface area contributed by atoms with Crippen LogP contribution in [0, 0.1) is 5.82 Å². The number of nitrogen functional groups attached to an aromatic ring is 1. The lowest BCUT2D eigenvalue weighted by Crippen LogP contribution is -3.00. The number of anilines is 3. The highest BCUT2D eigenvalue weighted by Crippen LogP contribution is 2.16. The molecule has 146 valence electrons. The Morgan fingerprint density at radius 2 is 1.75 bits per heavy atom. The van der Waals surface area contributed by atoms with Crippen LogP contribution in [0.4, 0.5) is 26.5 Å². The molecule has 0 saturated heterocycles. The fourth-order valence-corrected chi connectivity index (χ4v) is 2.45. The molecule has 3 rings (SSSR count). The smallest absolute Gasteiger partial charge is 0.417 e. The Hall–Kier alpha value is -3.32. The van der Waals surface area contributed by atoms with E-state index in [0.717, 1.165) is 12.0 Å². The van der Waals surface area contributed by atoms with Crippen molar-refractivity contribution >= 4 is 23.4 Å². The summed E-state index contributed by atoms with van der Waals surface area (Å²) in [5.41, 5.74) is 7.40. The van der Waals surface area contributed by atoms with E-state index < -0.39 is 6.09 Å². The summed E-state index contributed by atoms with van der Waals surface area (Å²) in [5, 5.41) is 5.79. The number of ether oxygens (including phenoxy) is 1. The highest BCUT2D eigenvalue weighted by Gasteiger charge is 2.11. The first-order chi connectivity index (χ1) is 13.1. The topological polar surface area (TPSA) is 90.5 Å². The number of para-hydroxylation sites is 1. The minimum Gasteiger partial charge on any atom is -1.00 e. The number of rotatable bonds is 6. The van der Waals surface area contributed by atoms with Gasteiger partial charge in [-0.15, -0.1) is 0 Å². The highest BCUT2D eigenvalue weighted by molar-refractivity contribution is 5.88. The molecule has 0 unspecified atom stereocenters. The molecule has 1 heterocycles. The molecule has 28 heavy (non-hydrogen) atoms. The van der Waals surface area contributed by atoms with Gasteiger partial charge in [-0.2, -0.15) is 0 Å². The van der Waals surface area contributed by atoms with Crippen LogP contribution in [0.5, 0.6) is 5.75 Å². The number of pyridine rings is 1. The van der Waals surface area contributed by atoms with Crippen LogP contribution in [0.15, 0.2) is 66.7 Å². The third kappa shape index (κ3) is 6.14. The van der Waals surface area contributed by atoms with Gasteiger partial charge in [-0.05, 0) is 35.9 Å². The Balaban J connectivity index is 0.00000280. The summed E-state index contributed by atoms with van der Waals surface area (Å²) in [5.74, 6) is 1.20. The van der Waals surface area contributed by atoms with Gasteiger partial charge in [0, 0.05) is 12.5 Å². The number of H-pyrrole nitrogens is 1. The van der Waals surface area contributed by atoms with Crippen LogP contribution in [0.25, 0.3) is 0 Å². The molecule has 0 radical (unpaired) electrons. The highest BCUT2D eigenvalue weighted by atomic mass is 35.5. The fraction of sp³-hybridized carbons (Fsp3) is 0.100. The average Bonchev–Trinajstić information content (AvgIpc) is 2.66. The minimum atomic E-state index is -0.627. The number of nitrogens with two attached hydrogens (primary N) is 1. The Labute approximate surface area is 168 Å². The molecule has 0 aliphatic rings. The van der Waals surface area contributed by atoms with Gasteiger partial charge >= 0.3 is 6.09 Å². The van der Waals surface area contributed by atoms with Crippen LogP contribution >= 0.6 is 0 Å². The Kier molecular flexibility index (Phi) is 7.59. The second kappa shape index (κ2) is 10.1. The van der Waals surface area contributed by atoms with Crippen LogP contribution in [0.2, 0.25) is 0 Å². The van der Waals surface area contributed by atoms with Gasteiger partial charge in [0.1, 0.15) is 17.3 Å². The predicted octanol–water partition coefficient (Wildman–Crippen LogP) is 0.491. The number of aromatic amines is 1. The number of nitrogens with one attached hydrogen (secondary N) is 3. The summed E-state index contributed by atoms with van der Waals surface area (Å²) in [4.78, 5) is 14.9. The lowest BCUT2D eigenvalue weighted by atomic mass is 10.1. The molecule has 0 spiro atoms. The first-order valence-electron chi connectivity index (χ1n) is 8.44. The number of hydrogen-bond donors (Lipinski definition) is 3.